The number of ether oxygens (including phenoxy) is 1. The van der Waals surface area contributed by atoms with Crippen molar-refractivity contribution in [2.75, 3.05) is 42.3 Å². The number of rotatable bonds is 10. The van der Waals surface area contributed by atoms with Crippen LogP contribution in [0, 0.1) is 0 Å². The second kappa shape index (κ2) is 12.5. The average molecular weight is 578 g/mol. The van der Waals surface area contributed by atoms with Gasteiger partial charge in [-0.2, -0.15) is 0 Å². The summed E-state index contributed by atoms with van der Waals surface area (Å²) in [6, 6.07) is 8.51. The van der Waals surface area contributed by atoms with E-state index >= 15 is 0 Å². The van der Waals surface area contributed by atoms with E-state index in [9.17, 15) is 18.9 Å². The van der Waals surface area contributed by atoms with Gasteiger partial charge in [-0.25, -0.2) is 9.00 Å². The molecular formula is C29H47N5O5S. The van der Waals surface area contributed by atoms with Crippen LogP contribution in [0.2, 0.25) is 0 Å². The Hall–Kier alpha value is -2.63. The van der Waals surface area contributed by atoms with Crippen molar-refractivity contribution >= 4 is 22.5 Å². The molecule has 0 saturated carbocycles. The summed E-state index contributed by atoms with van der Waals surface area (Å²) in [6.45, 7) is 20.1. The van der Waals surface area contributed by atoms with E-state index in [-0.39, 0.29) is 28.1 Å². The van der Waals surface area contributed by atoms with Gasteiger partial charge < -0.3 is 19.5 Å². The van der Waals surface area contributed by atoms with Gasteiger partial charge in [0, 0.05) is 56.6 Å². The molecule has 2 aromatic rings. The molecule has 1 aromatic carbocycles. The highest BCUT2D eigenvalue weighted by molar-refractivity contribution is 7.87. The normalized spacial score (nSPS) is 16.9. The zero-order valence-electron chi connectivity index (χ0n) is 25.4. The summed E-state index contributed by atoms with van der Waals surface area (Å²) < 4.78 is 24.1. The quantitative estimate of drug-likeness (QED) is 0.446. The van der Waals surface area contributed by atoms with Gasteiger partial charge in [0.1, 0.15) is 34.3 Å². The Morgan fingerprint density at radius 1 is 0.925 bits per heavy atom. The summed E-state index contributed by atoms with van der Waals surface area (Å²) in [7, 11) is -1.22. The Morgan fingerprint density at radius 3 is 1.98 bits per heavy atom. The number of piperazine rings is 1. The minimum absolute atomic E-state index is 0.0867. The molecule has 3 rings (SSSR count). The Bertz CT molecular complexity index is 1290. The molecule has 2 N–H and O–H groups in total. The molecule has 40 heavy (non-hydrogen) atoms. The monoisotopic (exact) mass is 577 g/mol. The molecule has 0 spiro atoms. The van der Waals surface area contributed by atoms with Crippen LogP contribution in [0.25, 0.3) is 0 Å². The van der Waals surface area contributed by atoms with Crippen molar-refractivity contribution in [3.8, 4) is 5.75 Å². The van der Waals surface area contributed by atoms with Gasteiger partial charge in [0.25, 0.3) is 5.56 Å². The van der Waals surface area contributed by atoms with Crippen molar-refractivity contribution in [2.24, 2.45) is 0 Å². The van der Waals surface area contributed by atoms with E-state index in [1.807, 2.05) is 74.4 Å². The lowest BCUT2D eigenvalue weighted by Crippen LogP contribution is -2.54. The second-order valence-corrected chi connectivity index (χ2v) is 14.5. The summed E-state index contributed by atoms with van der Waals surface area (Å²) in [5.41, 5.74) is -0.675. The number of β-amino-alcohol motifs (C(OH)–C–C–N with tert-alkyl or cyclic N) is 1. The van der Waals surface area contributed by atoms with Gasteiger partial charge in [-0.05, 0) is 86.6 Å². The Morgan fingerprint density at radius 2 is 1.48 bits per heavy atom. The molecule has 0 radical (unpaired) electrons. The first-order valence-corrected chi connectivity index (χ1v) is 15.2. The van der Waals surface area contributed by atoms with Crippen LogP contribution in [-0.4, -0.2) is 72.5 Å². The molecular weight excluding hydrogens is 530 g/mol. The first-order valence-electron chi connectivity index (χ1n) is 14.0. The maximum atomic E-state index is 13.1. The molecule has 1 aliphatic rings. The highest BCUT2D eigenvalue weighted by Gasteiger charge is 2.33. The highest BCUT2D eigenvalue weighted by Crippen LogP contribution is 2.25. The topological polar surface area (TPSA) is 109 Å². The van der Waals surface area contributed by atoms with Crippen molar-refractivity contribution in [2.45, 2.75) is 90.8 Å². The molecule has 1 saturated heterocycles. The first kappa shape index (κ1) is 31.9. The number of hydrogen-bond donors (Lipinski definition) is 2. The van der Waals surface area contributed by atoms with E-state index in [0.29, 0.717) is 44.3 Å². The summed E-state index contributed by atoms with van der Waals surface area (Å²) in [6.07, 6.45) is -0.756. The number of hydrogen-bond acceptors (Lipinski definition) is 7. The third-order valence-electron chi connectivity index (χ3n) is 7.11. The van der Waals surface area contributed by atoms with E-state index in [1.54, 1.807) is 22.8 Å². The predicted molar refractivity (Wildman–Crippen MR) is 163 cm³/mol. The average Bonchev–Trinajstić information content (AvgIpc) is 2.84. The zero-order chi connectivity index (χ0) is 30.0. The van der Waals surface area contributed by atoms with Crippen molar-refractivity contribution in [1.29, 1.82) is 0 Å². The summed E-state index contributed by atoms with van der Waals surface area (Å²) in [5, 5.41) is 11.1. The molecule has 2 atom stereocenters. The van der Waals surface area contributed by atoms with Crippen LogP contribution in [0.1, 0.15) is 74.4 Å². The molecule has 1 aliphatic heterocycles. The summed E-state index contributed by atoms with van der Waals surface area (Å²) in [4.78, 5) is 30.1. The zero-order valence-corrected chi connectivity index (χ0v) is 26.2. The Kier molecular flexibility index (Phi) is 9.95. The van der Waals surface area contributed by atoms with E-state index in [4.69, 9.17) is 4.74 Å². The maximum Gasteiger partial charge on any atom is 0.333 e. The largest absolute Gasteiger partial charge is 0.485 e. The molecule has 0 bridgehead atoms. The van der Waals surface area contributed by atoms with E-state index in [2.05, 4.69) is 14.5 Å². The number of anilines is 2. The standard InChI is InChI=1S/C29H47N5O5S/c1-20(2)33-25(18-26(36)34(21(3)4)27(33)37)32-16-14-31(15-17-32)19-24(35)29(8,9)39-23-12-10-22(11-13-23)30-40(38)28(5,6)7/h10-13,18,20-21,24,30,35H,14-17,19H2,1-9H3. The third-order valence-corrected chi connectivity index (χ3v) is 8.65. The molecule has 224 valence electrons. The molecule has 1 aromatic heterocycles. The number of benzene rings is 1. The molecule has 2 heterocycles. The minimum Gasteiger partial charge on any atom is -0.485 e. The van der Waals surface area contributed by atoms with Crippen LogP contribution in [0.5, 0.6) is 5.75 Å². The fourth-order valence-corrected chi connectivity index (χ4v) is 5.27. The number of nitrogens with zero attached hydrogens (tertiary/aromatic N) is 4. The van der Waals surface area contributed by atoms with E-state index < -0.39 is 22.7 Å². The van der Waals surface area contributed by atoms with Crippen molar-refractivity contribution in [1.82, 2.24) is 14.0 Å². The van der Waals surface area contributed by atoms with Crippen molar-refractivity contribution < 1.29 is 14.1 Å². The maximum absolute atomic E-state index is 13.1. The van der Waals surface area contributed by atoms with Crippen LogP contribution in [0.15, 0.2) is 39.9 Å². The third kappa shape index (κ3) is 7.55. The number of aliphatic hydroxyl groups is 1. The van der Waals surface area contributed by atoms with Crippen molar-refractivity contribution in [3.05, 3.63) is 51.2 Å². The van der Waals surface area contributed by atoms with E-state index in [0.717, 1.165) is 5.69 Å². The summed E-state index contributed by atoms with van der Waals surface area (Å²) >= 11 is 0. The van der Waals surface area contributed by atoms with Crippen LogP contribution >= 0.6 is 0 Å². The smallest absolute Gasteiger partial charge is 0.333 e. The predicted octanol–water partition coefficient (Wildman–Crippen LogP) is 3.39. The van der Waals surface area contributed by atoms with Crippen LogP contribution in [-0.2, 0) is 11.0 Å². The lowest BCUT2D eigenvalue weighted by atomic mass is 10.0. The van der Waals surface area contributed by atoms with Gasteiger partial charge in [-0.1, -0.05) is 0 Å². The molecule has 1 fully saturated rings. The molecule has 11 heteroatoms. The first-order chi connectivity index (χ1) is 18.5. The van der Waals surface area contributed by atoms with Crippen molar-refractivity contribution in [3.63, 3.8) is 0 Å². The van der Waals surface area contributed by atoms with Gasteiger partial charge in [-0.15, -0.1) is 0 Å². The van der Waals surface area contributed by atoms with Crippen LogP contribution < -0.4 is 25.6 Å². The van der Waals surface area contributed by atoms with Gasteiger partial charge in [0.15, 0.2) is 0 Å². The van der Waals surface area contributed by atoms with Crippen LogP contribution in [0.3, 0.4) is 0 Å². The number of aliphatic hydroxyl groups excluding tert-OH is 1. The fourth-order valence-electron chi connectivity index (χ4n) is 4.61. The lowest BCUT2D eigenvalue weighted by Gasteiger charge is -2.40. The second-order valence-electron chi connectivity index (χ2n) is 12.6. The fraction of sp³-hybridized carbons (Fsp3) is 0.655. The minimum atomic E-state index is -1.22. The number of nitrogens with one attached hydrogen (secondary N) is 1. The molecule has 0 aliphatic carbocycles. The van der Waals surface area contributed by atoms with Gasteiger partial charge in [-0.3, -0.25) is 18.8 Å². The molecule has 2 unspecified atom stereocenters. The molecule has 0 amide bonds. The SMILES string of the molecule is CC(C)n1c(N2CCN(CC(O)C(C)(C)Oc3ccc(NS(=O)C(C)(C)C)cc3)CC2)cc(=O)n(C(C)C)c1=O. The van der Waals surface area contributed by atoms with Gasteiger partial charge in [0.2, 0.25) is 0 Å². The number of aromatic nitrogens is 2. The van der Waals surface area contributed by atoms with Gasteiger partial charge >= 0.3 is 5.69 Å². The Labute approximate surface area is 240 Å². The summed E-state index contributed by atoms with van der Waals surface area (Å²) in [5.74, 6) is 1.26. The van der Waals surface area contributed by atoms with Gasteiger partial charge in [0.05, 0.1) is 4.75 Å². The van der Waals surface area contributed by atoms with E-state index in [1.165, 1.54) is 4.57 Å². The Balaban J connectivity index is 1.62. The molecule has 10 nitrogen and oxygen atoms in total. The highest BCUT2D eigenvalue weighted by atomic mass is 32.2. The lowest BCUT2D eigenvalue weighted by molar-refractivity contribution is -0.0449. The van der Waals surface area contributed by atoms with Crippen LogP contribution in [0.4, 0.5) is 11.5 Å².